The highest BCUT2D eigenvalue weighted by Gasteiger charge is 2.31. The van der Waals surface area contributed by atoms with Gasteiger partial charge in [0.25, 0.3) is 0 Å². The topological polar surface area (TPSA) is 62.7 Å². The third kappa shape index (κ3) is 6.85. The van der Waals surface area contributed by atoms with Crippen LogP contribution < -0.4 is 0 Å². The number of hydrogen-bond donors (Lipinski definition) is 0. The fourth-order valence-electron chi connectivity index (χ4n) is 3.67. The number of hydrogen-bond acceptors (Lipinski definition) is 4. The highest BCUT2D eigenvalue weighted by atomic mass is 19.1. The minimum absolute atomic E-state index is 0.0431. The lowest BCUT2D eigenvalue weighted by atomic mass is 10.1. The minimum Gasteiger partial charge on any atom is -0.370 e. The summed E-state index contributed by atoms with van der Waals surface area (Å²) in [5, 5.41) is 0. The van der Waals surface area contributed by atoms with Crippen LogP contribution in [0.5, 0.6) is 0 Å². The molecule has 0 radical (unpaired) electrons. The average molecular weight is 428 g/mol. The van der Waals surface area contributed by atoms with Gasteiger partial charge in [0.1, 0.15) is 5.82 Å². The maximum absolute atomic E-state index is 14.0. The van der Waals surface area contributed by atoms with E-state index in [4.69, 9.17) is 4.74 Å². The number of halogens is 1. The van der Waals surface area contributed by atoms with Crippen LogP contribution in [-0.4, -0.2) is 58.9 Å². The van der Waals surface area contributed by atoms with Gasteiger partial charge in [0.2, 0.25) is 11.8 Å². The molecule has 0 saturated carbocycles. The summed E-state index contributed by atoms with van der Waals surface area (Å²) in [5.41, 5.74) is 1.49. The molecule has 1 aromatic heterocycles. The van der Waals surface area contributed by atoms with Crippen molar-refractivity contribution in [3.63, 3.8) is 0 Å². The van der Waals surface area contributed by atoms with Crippen LogP contribution in [0.4, 0.5) is 4.39 Å². The van der Waals surface area contributed by atoms with Crippen molar-refractivity contribution >= 4 is 11.8 Å². The van der Waals surface area contributed by atoms with Crippen LogP contribution in [0.1, 0.15) is 31.4 Å². The molecule has 1 saturated heterocycles. The van der Waals surface area contributed by atoms with E-state index < -0.39 is 0 Å². The lowest BCUT2D eigenvalue weighted by molar-refractivity contribution is -0.139. The highest BCUT2D eigenvalue weighted by molar-refractivity contribution is 5.85. The predicted molar refractivity (Wildman–Crippen MR) is 116 cm³/mol. The largest absolute Gasteiger partial charge is 0.370 e. The molecule has 1 fully saturated rings. The number of carbonyl (C=O) groups excluding carboxylic acids is 2. The minimum atomic E-state index is -0.380. The second kappa shape index (κ2) is 11.0. The Labute approximate surface area is 183 Å². The molecule has 3 rings (SSSR count). The Morgan fingerprint density at radius 1 is 1.19 bits per heavy atom. The van der Waals surface area contributed by atoms with Gasteiger partial charge in [-0.25, -0.2) is 4.39 Å². The molecule has 1 atom stereocenters. The lowest BCUT2D eigenvalue weighted by Gasteiger charge is -2.26. The second-order valence-electron chi connectivity index (χ2n) is 8.35. The first-order chi connectivity index (χ1) is 14.9. The fraction of sp³-hybridized carbons (Fsp3) is 0.458. The summed E-state index contributed by atoms with van der Waals surface area (Å²) in [6.45, 7) is 5.53. The SMILES string of the molecule is CC(C)CN1C[C@@H](OCc2ccccc2F)CN(C(=O)CCc2ccncc2)CC1=O. The van der Waals surface area contributed by atoms with Gasteiger partial charge in [-0.1, -0.05) is 32.0 Å². The highest BCUT2D eigenvalue weighted by Crippen LogP contribution is 2.15. The number of carbonyl (C=O) groups is 2. The van der Waals surface area contributed by atoms with Gasteiger partial charge in [-0.3, -0.25) is 14.6 Å². The lowest BCUT2D eigenvalue weighted by Crippen LogP contribution is -2.40. The van der Waals surface area contributed by atoms with E-state index in [1.54, 1.807) is 40.4 Å². The molecule has 0 bridgehead atoms. The Balaban J connectivity index is 1.67. The van der Waals surface area contributed by atoms with Crippen LogP contribution in [-0.2, 0) is 27.4 Å². The second-order valence-corrected chi connectivity index (χ2v) is 8.35. The summed E-state index contributed by atoms with van der Waals surface area (Å²) in [5.74, 6) is -0.194. The van der Waals surface area contributed by atoms with Crippen LogP contribution >= 0.6 is 0 Å². The molecule has 0 N–H and O–H groups in total. The van der Waals surface area contributed by atoms with Gasteiger partial charge in [-0.15, -0.1) is 0 Å². The molecule has 2 amide bonds. The Bertz CT molecular complexity index is 875. The number of rotatable bonds is 8. The first-order valence-electron chi connectivity index (χ1n) is 10.7. The van der Waals surface area contributed by atoms with Crippen molar-refractivity contribution in [1.82, 2.24) is 14.8 Å². The van der Waals surface area contributed by atoms with E-state index in [2.05, 4.69) is 4.98 Å². The Morgan fingerprint density at radius 3 is 2.65 bits per heavy atom. The number of nitrogens with zero attached hydrogens (tertiary/aromatic N) is 3. The molecule has 166 valence electrons. The van der Waals surface area contributed by atoms with Crippen LogP contribution in [0.15, 0.2) is 48.8 Å². The number of amides is 2. The average Bonchev–Trinajstić information content (AvgIpc) is 2.90. The Hall–Kier alpha value is -2.80. The molecule has 0 unspecified atom stereocenters. The number of aryl methyl sites for hydroxylation is 1. The molecular weight excluding hydrogens is 397 g/mol. The Morgan fingerprint density at radius 2 is 1.94 bits per heavy atom. The van der Waals surface area contributed by atoms with E-state index in [-0.39, 0.29) is 36.9 Å². The molecule has 0 aliphatic carbocycles. The number of aromatic nitrogens is 1. The van der Waals surface area contributed by atoms with Crippen LogP contribution in [0.2, 0.25) is 0 Å². The normalized spacial score (nSPS) is 17.2. The van der Waals surface area contributed by atoms with Crippen molar-refractivity contribution in [2.24, 2.45) is 5.92 Å². The fourth-order valence-corrected chi connectivity index (χ4v) is 3.67. The Kier molecular flexibility index (Phi) is 8.12. The summed E-state index contributed by atoms with van der Waals surface area (Å²) in [7, 11) is 0. The summed E-state index contributed by atoms with van der Waals surface area (Å²) in [4.78, 5) is 33.0. The molecule has 1 aliphatic heterocycles. The smallest absolute Gasteiger partial charge is 0.242 e. The third-order valence-electron chi connectivity index (χ3n) is 5.27. The van der Waals surface area contributed by atoms with Gasteiger partial charge in [-0.2, -0.15) is 0 Å². The van der Waals surface area contributed by atoms with Gasteiger partial charge >= 0.3 is 0 Å². The zero-order valence-corrected chi connectivity index (χ0v) is 18.2. The quantitative estimate of drug-likeness (QED) is 0.650. The number of pyridine rings is 1. The molecule has 7 heteroatoms. The van der Waals surface area contributed by atoms with Crippen molar-refractivity contribution in [3.8, 4) is 0 Å². The monoisotopic (exact) mass is 427 g/mol. The summed E-state index contributed by atoms with van der Waals surface area (Å²) in [6.07, 6.45) is 3.91. The van der Waals surface area contributed by atoms with Crippen molar-refractivity contribution in [1.29, 1.82) is 0 Å². The first-order valence-corrected chi connectivity index (χ1v) is 10.7. The van der Waals surface area contributed by atoms with E-state index in [0.29, 0.717) is 44.0 Å². The third-order valence-corrected chi connectivity index (χ3v) is 5.27. The summed E-state index contributed by atoms with van der Waals surface area (Å²) < 4.78 is 20.0. The van der Waals surface area contributed by atoms with Gasteiger partial charge in [-0.05, 0) is 36.1 Å². The molecule has 0 spiro atoms. The van der Waals surface area contributed by atoms with E-state index in [1.807, 2.05) is 26.0 Å². The molecule has 2 aromatic rings. The van der Waals surface area contributed by atoms with Crippen LogP contribution in [0.3, 0.4) is 0 Å². The first kappa shape index (κ1) is 22.9. The number of ether oxygens (including phenoxy) is 1. The standard InChI is InChI=1S/C24H30FN3O3/c1-18(2)13-27-14-21(31-17-20-5-3-4-6-22(20)25)15-28(16-24(27)30)23(29)8-7-19-9-11-26-12-10-19/h3-6,9-12,18,21H,7-8,13-17H2,1-2H3/t21-/m1/s1. The molecule has 31 heavy (non-hydrogen) atoms. The molecular formula is C24H30FN3O3. The maximum atomic E-state index is 14.0. The van der Waals surface area contributed by atoms with Gasteiger partial charge < -0.3 is 14.5 Å². The van der Waals surface area contributed by atoms with Gasteiger partial charge in [0, 0.05) is 44.0 Å². The van der Waals surface area contributed by atoms with Crippen molar-refractivity contribution in [2.45, 2.75) is 39.4 Å². The van der Waals surface area contributed by atoms with E-state index in [0.717, 1.165) is 5.56 Å². The van der Waals surface area contributed by atoms with E-state index >= 15 is 0 Å². The van der Waals surface area contributed by atoms with Crippen molar-refractivity contribution in [2.75, 3.05) is 26.2 Å². The molecule has 6 nitrogen and oxygen atoms in total. The van der Waals surface area contributed by atoms with E-state index in [9.17, 15) is 14.0 Å². The zero-order valence-electron chi connectivity index (χ0n) is 18.2. The molecule has 1 aliphatic rings. The van der Waals surface area contributed by atoms with Gasteiger partial charge in [0.15, 0.2) is 0 Å². The van der Waals surface area contributed by atoms with Crippen LogP contribution in [0.25, 0.3) is 0 Å². The van der Waals surface area contributed by atoms with Gasteiger partial charge in [0.05, 0.1) is 19.3 Å². The van der Waals surface area contributed by atoms with Crippen LogP contribution in [0, 0.1) is 11.7 Å². The summed E-state index contributed by atoms with van der Waals surface area (Å²) >= 11 is 0. The zero-order chi connectivity index (χ0) is 22.2. The predicted octanol–water partition coefficient (Wildman–Crippen LogP) is 3.07. The maximum Gasteiger partial charge on any atom is 0.242 e. The summed E-state index contributed by atoms with van der Waals surface area (Å²) in [6, 6.07) is 10.2. The van der Waals surface area contributed by atoms with Crippen molar-refractivity contribution in [3.05, 3.63) is 65.7 Å². The van der Waals surface area contributed by atoms with E-state index in [1.165, 1.54) is 6.07 Å². The molecule has 1 aromatic carbocycles. The number of benzene rings is 1. The van der Waals surface area contributed by atoms with Crippen molar-refractivity contribution < 1.29 is 18.7 Å². The molecule has 2 heterocycles.